The number of anilines is 2. The highest BCUT2D eigenvalue weighted by Gasteiger charge is 2.17. The molecule has 0 bridgehead atoms. The molecule has 0 saturated heterocycles. The van der Waals surface area contributed by atoms with Crippen LogP contribution in [-0.2, 0) is 0 Å². The van der Waals surface area contributed by atoms with Gasteiger partial charge in [-0.3, -0.25) is 10.1 Å². The van der Waals surface area contributed by atoms with Gasteiger partial charge in [-0.2, -0.15) is 5.10 Å². The van der Waals surface area contributed by atoms with E-state index in [0.717, 1.165) is 50.9 Å². The van der Waals surface area contributed by atoms with E-state index in [2.05, 4.69) is 40.7 Å². The third-order valence-electron chi connectivity index (χ3n) is 7.27. The maximum Gasteiger partial charge on any atom is 0.181 e. The Balaban J connectivity index is 1.35. The first-order valence-corrected chi connectivity index (χ1v) is 14.2. The van der Waals surface area contributed by atoms with Crippen LogP contribution in [0.15, 0.2) is 67.1 Å². The van der Waals surface area contributed by atoms with E-state index in [0.29, 0.717) is 29.4 Å². The average Bonchev–Trinajstić information content (AvgIpc) is 3.60. The normalized spacial score (nSPS) is 12.5. The molecule has 0 radical (unpaired) electrons. The van der Waals surface area contributed by atoms with Gasteiger partial charge in [0.2, 0.25) is 0 Å². The Kier molecular flexibility index (Phi) is 7.75. The van der Waals surface area contributed by atoms with Crippen LogP contribution in [0.3, 0.4) is 0 Å². The maximum atomic E-state index is 14.7. The van der Waals surface area contributed by atoms with Gasteiger partial charge in [0.25, 0.3) is 0 Å². The number of aliphatic hydroxyl groups excluding tert-OH is 1. The third kappa shape index (κ3) is 6.04. The summed E-state index contributed by atoms with van der Waals surface area (Å²) in [5, 5.41) is 24.9. The van der Waals surface area contributed by atoms with Crippen molar-refractivity contribution in [2.75, 3.05) is 37.8 Å². The number of hydrogen-bond donors (Lipinski definition) is 5. The van der Waals surface area contributed by atoms with Gasteiger partial charge in [0, 0.05) is 47.9 Å². The number of hydrogen-bond acceptors (Lipinski definition) is 8. The summed E-state index contributed by atoms with van der Waals surface area (Å²) in [6.45, 7) is 5.41. The molecule has 10 nitrogen and oxygen atoms in total. The van der Waals surface area contributed by atoms with E-state index in [-0.39, 0.29) is 11.7 Å². The zero-order chi connectivity index (χ0) is 30.1. The SMILES string of the molecule is CC(C)C(O)Nc1cncc(-c2cnc3n[nH]c(-c4nc5c(-c6cc(F)cc(NCCN(C)C)c6)cccc5[nH]4)c3c2)c1. The number of para-hydroxylation sites is 1. The molecule has 0 aliphatic heterocycles. The highest BCUT2D eigenvalue weighted by Crippen LogP contribution is 2.34. The molecule has 4 heterocycles. The summed E-state index contributed by atoms with van der Waals surface area (Å²) in [5.74, 6) is 0.327. The average molecular weight is 580 g/mol. The molecule has 0 fully saturated rings. The minimum Gasteiger partial charge on any atom is -0.384 e. The molecule has 0 saturated carbocycles. The fourth-order valence-corrected chi connectivity index (χ4v) is 4.91. The second-order valence-corrected chi connectivity index (χ2v) is 11.2. The fraction of sp³-hybridized carbons (Fsp3) is 0.250. The van der Waals surface area contributed by atoms with Crippen LogP contribution in [0.25, 0.3) is 55.8 Å². The molecule has 0 spiro atoms. The van der Waals surface area contributed by atoms with Crippen LogP contribution < -0.4 is 10.6 Å². The van der Waals surface area contributed by atoms with Crippen molar-refractivity contribution in [3.8, 4) is 33.8 Å². The smallest absolute Gasteiger partial charge is 0.181 e. The molecule has 0 amide bonds. The Labute approximate surface area is 248 Å². The molecule has 6 rings (SSSR count). The number of aliphatic hydroxyl groups is 1. The van der Waals surface area contributed by atoms with Crippen molar-refractivity contribution in [2.24, 2.45) is 5.92 Å². The van der Waals surface area contributed by atoms with Gasteiger partial charge in [0.05, 0.1) is 28.3 Å². The molecule has 43 heavy (non-hydrogen) atoms. The largest absolute Gasteiger partial charge is 0.384 e. The molecule has 2 aromatic carbocycles. The number of nitrogens with one attached hydrogen (secondary N) is 4. The Hall–Kier alpha value is -4.87. The first-order valence-electron chi connectivity index (χ1n) is 14.2. The van der Waals surface area contributed by atoms with Crippen molar-refractivity contribution in [1.82, 2.24) is 35.0 Å². The predicted molar refractivity (Wildman–Crippen MR) is 169 cm³/mol. The molecular formula is C32H34FN9O. The third-order valence-corrected chi connectivity index (χ3v) is 7.27. The van der Waals surface area contributed by atoms with Crippen LogP contribution in [0.1, 0.15) is 13.8 Å². The van der Waals surface area contributed by atoms with E-state index in [1.54, 1.807) is 18.6 Å². The van der Waals surface area contributed by atoms with E-state index in [1.165, 1.54) is 12.1 Å². The quantitative estimate of drug-likeness (QED) is 0.130. The van der Waals surface area contributed by atoms with Crippen LogP contribution in [0, 0.1) is 11.7 Å². The van der Waals surface area contributed by atoms with Crippen molar-refractivity contribution >= 4 is 33.4 Å². The van der Waals surface area contributed by atoms with Crippen molar-refractivity contribution in [3.05, 3.63) is 72.9 Å². The lowest BCUT2D eigenvalue weighted by Gasteiger charge is -2.17. The summed E-state index contributed by atoms with van der Waals surface area (Å²) in [5.41, 5.74) is 7.45. The predicted octanol–water partition coefficient (Wildman–Crippen LogP) is 5.73. The number of pyridine rings is 2. The van der Waals surface area contributed by atoms with Gasteiger partial charge in [0.15, 0.2) is 11.5 Å². The molecule has 1 unspecified atom stereocenters. The molecule has 220 valence electrons. The molecule has 0 aliphatic carbocycles. The van der Waals surface area contributed by atoms with E-state index < -0.39 is 6.23 Å². The number of aromatic nitrogens is 6. The number of imidazole rings is 1. The van der Waals surface area contributed by atoms with Crippen molar-refractivity contribution in [1.29, 1.82) is 0 Å². The topological polar surface area (TPSA) is 131 Å². The van der Waals surface area contributed by atoms with Crippen LogP contribution in [0.5, 0.6) is 0 Å². The number of H-pyrrole nitrogens is 2. The number of rotatable bonds is 10. The molecule has 4 aromatic heterocycles. The molecule has 5 N–H and O–H groups in total. The van der Waals surface area contributed by atoms with Gasteiger partial charge in [-0.25, -0.2) is 14.4 Å². The van der Waals surface area contributed by atoms with Crippen molar-refractivity contribution < 1.29 is 9.50 Å². The lowest BCUT2D eigenvalue weighted by molar-refractivity contribution is 0.153. The second kappa shape index (κ2) is 11.8. The molecule has 11 heteroatoms. The molecular weight excluding hydrogens is 545 g/mol. The number of likely N-dealkylation sites (N-methyl/N-ethyl adjacent to an activating group) is 1. The zero-order valence-electron chi connectivity index (χ0n) is 24.5. The van der Waals surface area contributed by atoms with Gasteiger partial charge >= 0.3 is 0 Å². The minimum atomic E-state index is -0.686. The molecule has 6 aromatic rings. The number of aromatic amines is 2. The van der Waals surface area contributed by atoms with Crippen LogP contribution >= 0.6 is 0 Å². The highest BCUT2D eigenvalue weighted by atomic mass is 19.1. The van der Waals surface area contributed by atoms with Crippen LogP contribution in [-0.4, -0.2) is 73.6 Å². The van der Waals surface area contributed by atoms with E-state index >= 15 is 0 Å². The molecule has 1 atom stereocenters. The standard InChI is InChI=1S/C32H34FN9O/c1-18(2)32(43)37-24-12-20(15-34-17-24)21-13-26-29(40-41-30(26)36-16-21)31-38-27-7-5-6-25(28(27)39-31)19-10-22(33)14-23(11-19)35-8-9-42(3)4/h5-7,10-18,32,35,37,43H,8-9H2,1-4H3,(H,38,39)(H,36,40,41). The maximum absolute atomic E-state index is 14.7. The summed E-state index contributed by atoms with van der Waals surface area (Å²) >= 11 is 0. The molecule has 0 aliphatic rings. The van der Waals surface area contributed by atoms with Gasteiger partial charge in [0.1, 0.15) is 17.7 Å². The van der Waals surface area contributed by atoms with E-state index in [1.807, 2.05) is 64.3 Å². The Morgan fingerprint density at radius 3 is 2.60 bits per heavy atom. The number of halogens is 1. The van der Waals surface area contributed by atoms with Gasteiger partial charge in [-0.05, 0) is 62.0 Å². The minimum absolute atomic E-state index is 0.0483. The Morgan fingerprint density at radius 1 is 0.977 bits per heavy atom. The fourth-order valence-electron chi connectivity index (χ4n) is 4.91. The second-order valence-electron chi connectivity index (χ2n) is 11.2. The highest BCUT2D eigenvalue weighted by molar-refractivity contribution is 5.97. The number of nitrogens with zero attached hydrogens (tertiary/aromatic N) is 5. The summed E-state index contributed by atoms with van der Waals surface area (Å²) in [7, 11) is 4.00. The van der Waals surface area contributed by atoms with Crippen molar-refractivity contribution in [2.45, 2.75) is 20.1 Å². The summed E-state index contributed by atoms with van der Waals surface area (Å²) in [6, 6.07) is 14.7. The lowest BCUT2D eigenvalue weighted by atomic mass is 10.0. The van der Waals surface area contributed by atoms with E-state index in [4.69, 9.17) is 4.98 Å². The van der Waals surface area contributed by atoms with Gasteiger partial charge in [-0.15, -0.1) is 0 Å². The van der Waals surface area contributed by atoms with Gasteiger partial charge < -0.3 is 25.6 Å². The number of fused-ring (bicyclic) bond motifs is 2. The van der Waals surface area contributed by atoms with Crippen LogP contribution in [0.4, 0.5) is 15.8 Å². The first kappa shape index (κ1) is 28.3. The first-order chi connectivity index (χ1) is 20.7. The Morgan fingerprint density at radius 2 is 1.79 bits per heavy atom. The lowest BCUT2D eigenvalue weighted by Crippen LogP contribution is -2.24. The zero-order valence-corrected chi connectivity index (χ0v) is 24.5. The Bertz CT molecular complexity index is 1900. The monoisotopic (exact) mass is 579 g/mol. The summed E-state index contributed by atoms with van der Waals surface area (Å²) < 4.78 is 14.7. The number of benzene rings is 2. The van der Waals surface area contributed by atoms with Gasteiger partial charge in [-0.1, -0.05) is 26.0 Å². The van der Waals surface area contributed by atoms with Crippen LogP contribution in [0.2, 0.25) is 0 Å². The van der Waals surface area contributed by atoms with Crippen molar-refractivity contribution in [3.63, 3.8) is 0 Å². The summed E-state index contributed by atoms with van der Waals surface area (Å²) in [6.07, 6.45) is 4.50. The summed E-state index contributed by atoms with van der Waals surface area (Å²) in [4.78, 5) is 19.3. The van der Waals surface area contributed by atoms with E-state index in [9.17, 15) is 9.50 Å².